The molecule has 0 radical (unpaired) electrons. The summed E-state index contributed by atoms with van der Waals surface area (Å²) in [7, 11) is 1.80. The van der Waals surface area contributed by atoms with Gasteiger partial charge in [-0.3, -0.25) is 20.4 Å². The third kappa shape index (κ3) is 4.32. The fourth-order valence-corrected chi connectivity index (χ4v) is 4.19. The minimum atomic E-state index is -0.467. The first-order valence-corrected chi connectivity index (χ1v) is 10.4. The highest BCUT2D eigenvalue weighted by molar-refractivity contribution is 9.10. The molecule has 6 nitrogen and oxygen atoms in total. The number of rotatable bonds is 5. The number of nitrogens with one attached hydrogen (secondary N) is 2. The Morgan fingerprint density at radius 2 is 1.58 bits per heavy atom. The molecule has 0 aliphatic rings. The van der Waals surface area contributed by atoms with Gasteiger partial charge in [-0.05, 0) is 33.6 Å². The molecule has 1 heterocycles. The van der Waals surface area contributed by atoms with E-state index in [2.05, 4.69) is 26.8 Å². The van der Waals surface area contributed by atoms with Crippen LogP contribution in [0.3, 0.4) is 0 Å². The summed E-state index contributed by atoms with van der Waals surface area (Å²) in [6.07, 6.45) is 0. The molecule has 0 atom stereocenters. The summed E-state index contributed by atoms with van der Waals surface area (Å²) in [5.74, 6) is -0.304. The second kappa shape index (κ2) is 9.06. The Kier molecular flexibility index (Phi) is 6.04. The molecular weight excluding hydrogens is 458 g/mol. The third-order valence-electron chi connectivity index (χ3n) is 4.91. The van der Waals surface area contributed by atoms with Gasteiger partial charge in [0.25, 0.3) is 11.8 Å². The van der Waals surface area contributed by atoms with Crippen molar-refractivity contribution in [3.63, 3.8) is 0 Å². The molecule has 0 unspecified atom stereocenters. The topological polar surface area (TPSA) is 72.4 Å². The van der Waals surface area contributed by atoms with Gasteiger partial charge in [-0.2, -0.15) is 0 Å². The molecule has 0 spiro atoms. The van der Waals surface area contributed by atoms with Crippen LogP contribution in [0.2, 0.25) is 0 Å². The van der Waals surface area contributed by atoms with Crippen molar-refractivity contribution in [2.75, 3.05) is 6.61 Å². The van der Waals surface area contributed by atoms with Crippen molar-refractivity contribution >= 4 is 38.6 Å². The van der Waals surface area contributed by atoms with Gasteiger partial charge in [0.15, 0.2) is 6.61 Å². The fraction of sp³-hybridized carbons (Fsp3) is 0.0833. The molecule has 0 aliphatic carbocycles. The number of ether oxygens (including phenoxy) is 1. The van der Waals surface area contributed by atoms with Crippen molar-refractivity contribution in [2.45, 2.75) is 0 Å². The van der Waals surface area contributed by atoms with E-state index in [9.17, 15) is 9.59 Å². The normalized spacial score (nSPS) is 10.6. The maximum Gasteiger partial charge on any atom is 0.287 e. The molecule has 2 amide bonds. The molecule has 0 aliphatic heterocycles. The second-order valence-corrected chi connectivity index (χ2v) is 7.68. The first-order valence-electron chi connectivity index (χ1n) is 9.65. The Bertz CT molecular complexity index is 1210. The van der Waals surface area contributed by atoms with Crippen molar-refractivity contribution in [1.29, 1.82) is 0 Å². The molecule has 0 bridgehead atoms. The highest BCUT2D eigenvalue weighted by Crippen LogP contribution is 2.30. The number of aromatic nitrogens is 1. The summed E-state index contributed by atoms with van der Waals surface area (Å²) >= 11 is 3.48. The van der Waals surface area contributed by atoms with E-state index in [1.54, 1.807) is 17.7 Å². The van der Waals surface area contributed by atoms with Gasteiger partial charge in [-0.1, -0.05) is 66.7 Å². The first kappa shape index (κ1) is 20.7. The van der Waals surface area contributed by atoms with Crippen molar-refractivity contribution in [3.05, 3.63) is 89.0 Å². The van der Waals surface area contributed by atoms with Gasteiger partial charge in [0.2, 0.25) is 0 Å². The van der Waals surface area contributed by atoms with Crippen LogP contribution in [0, 0.1) is 0 Å². The van der Waals surface area contributed by atoms with Crippen molar-refractivity contribution in [1.82, 2.24) is 15.4 Å². The van der Waals surface area contributed by atoms with Gasteiger partial charge in [0.1, 0.15) is 11.4 Å². The number of carbonyl (C=O) groups is 2. The van der Waals surface area contributed by atoms with E-state index in [1.165, 1.54) is 0 Å². The maximum atomic E-state index is 12.7. The minimum Gasteiger partial charge on any atom is -0.483 e. The monoisotopic (exact) mass is 477 g/mol. The standard InChI is InChI=1S/C24H20BrN3O3/c1-28-19-13-7-5-12-18(19)22(25)23(28)24(30)27-26-21(29)15-31-20-14-8-6-11-17(20)16-9-3-2-4-10-16/h2-14H,15H2,1H3,(H,26,29)(H,27,30). The predicted molar refractivity (Wildman–Crippen MR) is 124 cm³/mol. The molecule has 156 valence electrons. The summed E-state index contributed by atoms with van der Waals surface area (Å²) in [6.45, 7) is -0.236. The van der Waals surface area contributed by atoms with Crippen molar-refractivity contribution in [2.24, 2.45) is 7.05 Å². The Morgan fingerprint density at radius 3 is 2.35 bits per heavy atom. The Hall–Kier alpha value is -3.58. The highest BCUT2D eigenvalue weighted by Gasteiger charge is 2.19. The van der Waals surface area contributed by atoms with Crippen LogP contribution in [0.15, 0.2) is 83.3 Å². The number of aryl methyl sites for hydroxylation is 1. The minimum absolute atomic E-state index is 0.236. The lowest BCUT2D eigenvalue weighted by molar-refractivity contribution is -0.123. The number of hydrazine groups is 1. The lowest BCUT2D eigenvalue weighted by Gasteiger charge is -2.12. The van der Waals surface area contributed by atoms with Gasteiger partial charge in [0.05, 0.1) is 4.47 Å². The zero-order chi connectivity index (χ0) is 21.8. The van der Waals surface area contributed by atoms with E-state index in [4.69, 9.17) is 4.74 Å². The molecule has 7 heteroatoms. The van der Waals surface area contributed by atoms with Gasteiger partial charge in [-0.15, -0.1) is 0 Å². The zero-order valence-electron chi connectivity index (χ0n) is 16.8. The lowest BCUT2D eigenvalue weighted by atomic mass is 10.1. The van der Waals surface area contributed by atoms with Crippen LogP contribution in [-0.2, 0) is 11.8 Å². The Morgan fingerprint density at radius 1 is 0.903 bits per heavy atom. The highest BCUT2D eigenvalue weighted by atomic mass is 79.9. The number of carbonyl (C=O) groups excluding carboxylic acids is 2. The third-order valence-corrected chi connectivity index (χ3v) is 5.71. The number of para-hydroxylation sites is 2. The molecule has 2 N–H and O–H groups in total. The maximum absolute atomic E-state index is 12.7. The van der Waals surface area contributed by atoms with E-state index >= 15 is 0 Å². The molecule has 4 rings (SSSR count). The van der Waals surface area contributed by atoms with Crippen LogP contribution in [-0.4, -0.2) is 23.0 Å². The smallest absolute Gasteiger partial charge is 0.287 e. The van der Waals surface area contributed by atoms with E-state index in [-0.39, 0.29) is 6.61 Å². The average Bonchev–Trinajstić information content (AvgIpc) is 3.07. The van der Waals surface area contributed by atoms with Gasteiger partial charge < -0.3 is 9.30 Å². The molecular formula is C24H20BrN3O3. The van der Waals surface area contributed by atoms with Crippen LogP contribution in [0.1, 0.15) is 10.5 Å². The van der Waals surface area contributed by atoms with Crippen LogP contribution in [0.5, 0.6) is 5.75 Å². The number of hydrogen-bond donors (Lipinski definition) is 2. The van der Waals surface area contributed by atoms with E-state index in [1.807, 2.05) is 72.8 Å². The number of amides is 2. The van der Waals surface area contributed by atoms with E-state index < -0.39 is 11.8 Å². The zero-order valence-corrected chi connectivity index (χ0v) is 18.3. The summed E-state index contributed by atoms with van der Waals surface area (Å²) < 4.78 is 8.15. The summed E-state index contributed by atoms with van der Waals surface area (Å²) in [6, 6.07) is 24.9. The van der Waals surface area contributed by atoms with Gasteiger partial charge in [-0.25, -0.2) is 0 Å². The van der Waals surface area contributed by atoms with Crippen molar-refractivity contribution in [3.8, 4) is 16.9 Å². The average molecular weight is 478 g/mol. The SMILES string of the molecule is Cn1c(C(=O)NNC(=O)COc2ccccc2-c2ccccc2)c(Br)c2ccccc21. The summed E-state index contributed by atoms with van der Waals surface area (Å²) in [5, 5.41) is 0.919. The van der Waals surface area contributed by atoms with Gasteiger partial charge in [0, 0.05) is 23.5 Å². The number of fused-ring (bicyclic) bond motifs is 1. The van der Waals surface area contributed by atoms with Crippen LogP contribution >= 0.6 is 15.9 Å². The number of nitrogens with zero attached hydrogens (tertiary/aromatic N) is 1. The molecule has 1 aromatic heterocycles. The quantitative estimate of drug-likeness (QED) is 0.417. The molecule has 3 aromatic carbocycles. The molecule has 4 aromatic rings. The van der Waals surface area contributed by atoms with E-state index in [0.29, 0.717) is 15.9 Å². The number of halogens is 1. The molecule has 31 heavy (non-hydrogen) atoms. The van der Waals surface area contributed by atoms with Crippen LogP contribution in [0.4, 0.5) is 0 Å². The summed E-state index contributed by atoms with van der Waals surface area (Å²) in [4.78, 5) is 24.9. The first-order chi connectivity index (χ1) is 15.1. The largest absolute Gasteiger partial charge is 0.483 e. The summed E-state index contributed by atoms with van der Waals surface area (Å²) in [5.41, 5.74) is 8.07. The number of benzene rings is 3. The predicted octanol–water partition coefficient (Wildman–Crippen LogP) is 4.45. The van der Waals surface area contributed by atoms with Crippen LogP contribution < -0.4 is 15.6 Å². The fourth-order valence-electron chi connectivity index (χ4n) is 3.41. The number of hydrogen-bond acceptors (Lipinski definition) is 3. The second-order valence-electron chi connectivity index (χ2n) is 6.89. The Balaban J connectivity index is 1.40. The Labute approximate surface area is 187 Å². The molecule has 0 fully saturated rings. The van der Waals surface area contributed by atoms with Gasteiger partial charge >= 0.3 is 0 Å². The van der Waals surface area contributed by atoms with Crippen LogP contribution in [0.25, 0.3) is 22.0 Å². The van der Waals surface area contributed by atoms with E-state index in [0.717, 1.165) is 22.0 Å². The molecule has 0 saturated carbocycles. The lowest BCUT2D eigenvalue weighted by Crippen LogP contribution is -2.44. The molecule has 0 saturated heterocycles. The van der Waals surface area contributed by atoms with Crippen molar-refractivity contribution < 1.29 is 14.3 Å².